The van der Waals surface area contributed by atoms with E-state index in [-0.39, 0.29) is 17.4 Å². The lowest BCUT2D eigenvalue weighted by atomic mass is 9.92. The molecule has 0 aliphatic rings. The molecule has 0 unspecified atom stereocenters. The maximum absolute atomic E-state index is 10.3. The largest absolute Gasteiger partial charge is 0.507 e. The van der Waals surface area contributed by atoms with Crippen molar-refractivity contribution in [2.75, 3.05) is 0 Å². The van der Waals surface area contributed by atoms with E-state index in [1.807, 2.05) is 30.3 Å². The molecule has 0 bridgehead atoms. The van der Waals surface area contributed by atoms with Crippen LogP contribution in [0.25, 0.3) is 21.5 Å². The number of hydrogen-bond acceptors (Lipinski definition) is 2. The number of rotatable bonds is 1. The number of benzene rings is 3. The van der Waals surface area contributed by atoms with Gasteiger partial charge in [-0.3, -0.25) is 0 Å². The Morgan fingerprint density at radius 3 is 2.32 bits per heavy atom. The molecule has 3 aromatic carbocycles. The smallest absolute Gasteiger partial charge is 0.124 e. The summed E-state index contributed by atoms with van der Waals surface area (Å²) in [4.78, 5) is 0. The molecule has 0 amide bonds. The fourth-order valence-corrected chi connectivity index (χ4v) is 2.71. The van der Waals surface area contributed by atoms with Gasteiger partial charge in [0.05, 0.1) is 0 Å². The molecule has 0 saturated heterocycles. The summed E-state index contributed by atoms with van der Waals surface area (Å²) < 4.78 is 0. The quantitative estimate of drug-likeness (QED) is 0.625. The van der Waals surface area contributed by atoms with Gasteiger partial charge in [-0.1, -0.05) is 44.2 Å². The molecule has 0 aliphatic heterocycles. The first-order chi connectivity index (χ1) is 9.09. The Hall–Kier alpha value is -2.22. The van der Waals surface area contributed by atoms with Gasteiger partial charge in [0.15, 0.2) is 0 Å². The highest BCUT2D eigenvalue weighted by atomic mass is 16.3. The van der Waals surface area contributed by atoms with Crippen LogP contribution in [0.1, 0.15) is 25.3 Å². The van der Waals surface area contributed by atoms with Gasteiger partial charge in [-0.05, 0) is 34.4 Å². The minimum absolute atomic E-state index is 0.214. The highest BCUT2D eigenvalue weighted by Gasteiger charge is 2.15. The van der Waals surface area contributed by atoms with Crippen LogP contribution in [-0.2, 0) is 0 Å². The predicted octanol–water partition coefficient (Wildman–Crippen LogP) is 4.53. The summed E-state index contributed by atoms with van der Waals surface area (Å²) in [5, 5.41) is 23.9. The fraction of sp³-hybridized carbons (Fsp3) is 0.176. The summed E-state index contributed by atoms with van der Waals surface area (Å²) in [5.74, 6) is 0.731. The van der Waals surface area contributed by atoms with Crippen LogP contribution in [0.5, 0.6) is 11.5 Å². The zero-order chi connectivity index (χ0) is 13.6. The van der Waals surface area contributed by atoms with Gasteiger partial charge < -0.3 is 10.2 Å². The molecule has 0 saturated carbocycles. The highest BCUT2D eigenvalue weighted by molar-refractivity contribution is 6.14. The molecular formula is C17H16O2. The van der Waals surface area contributed by atoms with Crippen LogP contribution in [0.4, 0.5) is 0 Å². The predicted molar refractivity (Wildman–Crippen MR) is 78.9 cm³/mol. The summed E-state index contributed by atoms with van der Waals surface area (Å²) in [7, 11) is 0. The lowest BCUT2D eigenvalue weighted by Crippen LogP contribution is -1.91. The molecule has 0 spiro atoms. The Labute approximate surface area is 111 Å². The van der Waals surface area contributed by atoms with Gasteiger partial charge in [0, 0.05) is 10.8 Å². The normalized spacial score (nSPS) is 11.5. The van der Waals surface area contributed by atoms with E-state index in [1.54, 1.807) is 12.1 Å². The molecular weight excluding hydrogens is 236 g/mol. The lowest BCUT2D eigenvalue weighted by molar-refractivity contribution is 0.475. The highest BCUT2D eigenvalue weighted by Crippen LogP contribution is 2.41. The van der Waals surface area contributed by atoms with Crippen molar-refractivity contribution < 1.29 is 10.2 Å². The maximum Gasteiger partial charge on any atom is 0.124 e. The molecule has 2 heteroatoms. The number of phenolic OH excluding ortho intramolecular Hbond substituents is 2. The molecule has 0 atom stereocenters. The van der Waals surface area contributed by atoms with Crippen molar-refractivity contribution in [1.82, 2.24) is 0 Å². The standard InChI is InChI=1S/C17H16O2/c1-10(2)12-7-8-14(18)17-13-6-4-3-5-11(13)9-15(19)16(12)17/h3-10,18-19H,1-2H3. The topological polar surface area (TPSA) is 40.5 Å². The minimum atomic E-state index is 0.214. The van der Waals surface area contributed by atoms with Crippen LogP contribution in [-0.4, -0.2) is 10.2 Å². The molecule has 3 aromatic rings. The van der Waals surface area contributed by atoms with Crippen molar-refractivity contribution in [3.05, 3.63) is 48.0 Å². The third-order valence-electron chi connectivity index (χ3n) is 3.62. The van der Waals surface area contributed by atoms with E-state index >= 15 is 0 Å². The van der Waals surface area contributed by atoms with E-state index in [2.05, 4.69) is 13.8 Å². The van der Waals surface area contributed by atoms with E-state index in [4.69, 9.17) is 0 Å². The Kier molecular flexibility index (Phi) is 2.59. The van der Waals surface area contributed by atoms with Crippen LogP contribution in [0.3, 0.4) is 0 Å². The zero-order valence-electron chi connectivity index (χ0n) is 11.0. The first-order valence-corrected chi connectivity index (χ1v) is 6.46. The Morgan fingerprint density at radius 2 is 1.58 bits per heavy atom. The van der Waals surface area contributed by atoms with Crippen molar-refractivity contribution in [1.29, 1.82) is 0 Å². The SMILES string of the molecule is CC(C)c1ccc(O)c2c1c(O)cc1ccccc12. The van der Waals surface area contributed by atoms with Crippen LogP contribution >= 0.6 is 0 Å². The van der Waals surface area contributed by atoms with Crippen LogP contribution < -0.4 is 0 Å². The average molecular weight is 252 g/mol. The number of aromatic hydroxyl groups is 2. The summed E-state index contributed by atoms with van der Waals surface area (Å²) in [6.45, 7) is 4.17. The van der Waals surface area contributed by atoms with Gasteiger partial charge in [0.1, 0.15) is 11.5 Å². The van der Waals surface area contributed by atoms with E-state index in [9.17, 15) is 10.2 Å². The van der Waals surface area contributed by atoms with Gasteiger partial charge in [-0.2, -0.15) is 0 Å². The van der Waals surface area contributed by atoms with Crippen molar-refractivity contribution in [2.45, 2.75) is 19.8 Å². The van der Waals surface area contributed by atoms with E-state index in [0.29, 0.717) is 0 Å². The maximum atomic E-state index is 10.3. The number of phenols is 2. The molecule has 0 fully saturated rings. The lowest BCUT2D eigenvalue weighted by Gasteiger charge is -2.14. The second-order valence-electron chi connectivity index (χ2n) is 5.20. The minimum Gasteiger partial charge on any atom is -0.507 e. The summed E-state index contributed by atoms with van der Waals surface area (Å²) in [5.41, 5.74) is 1.05. The Morgan fingerprint density at radius 1 is 0.842 bits per heavy atom. The zero-order valence-corrected chi connectivity index (χ0v) is 11.0. The molecule has 96 valence electrons. The fourth-order valence-electron chi connectivity index (χ4n) is 2.71. The van der Waals surface area contributed by atoms with Crippen LogP contribution in [0.2, 0.25) is 0 Å². The molecule has 19 heavy (non-hydrogen) atoms. The van der Waals surface area contributed by atoms with Gasteiger partial charge in [0.2, 0.25) is 0 Å². The monoisotopic (exact) mass is 252 g/mol. The third kappa shape index (κ3) is 1.72. The van der Waals surface area contributed by atoms with Crippen molar-refractivity contribution in [3.8, 4) is 11.5 Å². The van der Waals surface area contributed by atoms with Gasteiger partial charge in [-0.15, -0.1) is 0 Å². The summed E-state index contributed by atoms with van der Waals surface area (Å²) in [6, 6.07) is 13.2. The van der Waals surface area contributed by atoms with Gasteiger partial charge >= 0.3 is 0 Å². The first-order valence-electron chi connectivity index (χ1n) is 6.46. The van der Waals surface area contributed by atoms with Crippen LogP contribution in [0.15, 0.2) is 42.5 Å². The Balaban J connectivity index is 2.61. The molecule has 0 heterocycles. The van der Waals surface area contributed by atoms with Crippen molar-refractivity contribution >= 4 is 21.5 Å². The first kappa shape index (κ1) is 11.8. The van der Waals surface area contributed by atoms with E-state index in [0.717, 1.165) is 27.1 Å². The average Bonchev–Trinajstić information content (AvgIpc) is 2.38. The molecule has 0 aromatic heterocycles. The second-order valence-corrected chi connectivity index (χ2v) is 5.20. The molecule has 2 N–H and O–H groups in total. The van der Waals surface area contributed by atoms with Crippen molar-refractivity contribution in [3.63, 3.8) is 0 Å². The van der Waals surface area contributed by atoms with Crippen molar-refractivity contribution in [2.24, 2.45) is 0 Å². The van der Waals surface area contributed by atoms with E-state index < -0.39 is 0 Å². The Bertz CT molecular complexity index is 773. The van der Waals surface area contributed by atoms with Gasteiger partial charge in [0.25, 0.3) is 0 Å². The van der Waals surface area contributed by atoms with E-state index in [1.165, 1.54) is 0 Å². The molecule has 3 rings (SSSR count). The summed E-state index contributed by atoms with van der Waals surface area (Å²) in [6.07, 6.45) is 0. The third-order valence-corrected chi connectivity index (χ3v) is 3.62. The number of fused-ring (bicyclic) bond motifs is 3. The molecule has 0 aliphatic carbocycles. The van der Waals surface area contributed by atoms with Crippen LogP contribution in [0, 0.1) is 0 Å². The number of hydrogen-bond donors (Lipinski definition) is 2. The molecule has 2 nitrogen and oxygen atoms in total. The second kappa shape index (κ2) is 4.16. The summed E-state index contributed by atoms with van der Waals surface area (Å²) >= 11 is 0. The van der Waals surface area contributed by atoms with Gasteiger partial charge in [-0.25, -0.2) is 0 Å². The molecule has 0 radical (unpaired) electrons.